The molecule has 34 heavy (non-hydrogen) atoms. The second-order valence-electron chi connectivity index (χ2n) is 9.41. The fourth-order valence-corrected chi connectivity index (χ4v) is 4.21. The SMILES string of the molecule is C[S+](C)CC[C@H](NC(=O)OC(C)(C)C)C(=O)N(C(=O)OCc1ccccc1)C1CCNCC1.[I-]. The molecule has 1 saturated heterocycles. The molecule has 1 aromatic rings. The zero-order chi connectivity index (χ0) is 24.4. The van der Waals surface area contributed by atoms with Crippen molar-refractivity contribution in [2.45, 2.75) is 64.3 Å². The maximum atomic E-state index is 13.6. The number of benzene rings is 1. The first-order valence-electron chi connectivity index (χ1n) is 11.3. The Hall–Kier alpha value is -1.53. The summed E-state index contributed by atoms with van der Waals surface area (Å²) in [5.41, 5.74) is 0.147. The van der Waals surface area contributed by atoms with Crippen molar-refractivity contribution in [1.29, 1.82) is 0 Å². The molecule has 1 aromatic carbocycles. The van der Waals surface area contributed by atoms with E-state index in [0.29, 0.717) is 32.4 Å². The van der Waals surface area contributed by atoms with Crippen molar-refractivity contribution in [3.8, 4) is 0 Å². The number of halogens is 1. The van der Waals surface area contributed by atoms with Gasteiger partial charge in [0, 0.05) is 12.5 Å². The Bertz CT molecular complexity index is 783. The molecule has 0 aromatic heterocycles. The number of alkyl carbamates (subject to hydrolysis) is 1. The minimum Gasteiger partial charge on any atom is -1.00 e. The Balaban J connectivity index is 0.00000578. The van der Waals surface area contributed by atoms with Gasteiger partial charge in [0.15, 0.2) is 0 Å². The number of hydrogen-bond donors (Lipinski definition) is 2. The number of amides is 3. The lowest BCUT2D eigenvalue weighted by molar-refractivity contribution is -0.134. The van der Waals surface area contributed by atoms with E-state index in [-0.39, 0.29) is 47.5 Å². The highest BCUT2D eigenvalue weighted by atomic mass is 127. The van der Waals surface area contributed by atoms with Crippen LogP contribution in [0.25, 0.3) is 0 Å². The van der Waals surface area contributed by atoms with Crippen molar-refractivity contribution in [2.75, 3.05) is 31.4 Å². The van der Waals surface area contributed by atoms with Gasteiger partial charge in [0.05, 0.1) is 12.5 Å². The lowest BCUT2D eigenvalue weighted by Gasteiger charge is -2.34. The topological polar surface area (TPSA) is 97.0 Å². The molecule has 0 spiro atoms. The van der Waals surface area contributed by atoms with Crippen LogP contribution < -0.4 is 34.6 Å². The van der Waals surface area contributed by atoms with Gasteiger partial charge < -0.3 is 44.1 Å². The number of ether oxygens (including phenoxy) is 2. The van der Waals surface area contributed by atoms with Gasteiger partial charge in [0.25, 0.3) is 5.91 Å². The van der Waals surface area contributed by atoms with Crippen molar-refractivity contribution >= 4 is 29.0 Å². The van der Waals surface area contributed by atoms with Crippen LogP contribution >= 0.6 is 0 Å². The average Bonchev–Trinajstić information content (AvgIpc) is 2.75. The number of carbonyl (C=O) groups is 3. The lowest BCUT2D eigenvalue weighted by Crippen LogP contribution is -3.00. The smallest absolute Gasteiger partial charge is 0.417 e. The van der Waals surface area contributed by atoms with E-state index in [1.165, 1.54) is 4.90 Å². The van der Waals surface area contributed by atoms with Crippen LogP contribution in [0.3, 0.4) is 0 Å². The maximum Gasteiger partial charge on any atom is 0.417 e. The van der Waals surface area contributed by atoms with Crippen LogP contribution in [0.4, 0.5) is 9.59 Å². The fourth-order valence-electron chi connectivity index (χ4n) is 3.50. The van der Waals surface area contributed by atoms with Crippen LogP contribution in [0.15, 0.2) is 30.3 Å². The van der Waals surface area contributed by atoms with E-state index in [9.17, 15) is 14.4 Å². The first kappa shape index (κ1) is 30.5. The molecule has 0 bridgehead atoms. The summed E-state index contributed by atoms with van der Waals surface area (Å²) in [6, 6.07) is 8.19. The van der Waals surface area contributed by atoms with Crippen LogP contribution in [0.1, 0.15) is 45.6 Å². The number of nitrogens with one attached hydrogen (secondary N) is 2. The molecule has 1 aliphatic rings. The maximum absolute atomic E-state index is 13.6. The molecule has 3 amide bonds. The highest BCUT2D eigenvalue weighted by molar-refractivity contribution is 7.95. The Morgan fingerprint density at radius 1 is 1.15 bits per heavy atom. The van der Waals surface area contributed by atoms with E-state index < -0.39 is 29.7 Å². The van der Waals surface area contributed by atoms with Gasteiger partial charge in [0.1, 0.15) is 24.0 Å². The Morgan fingerprint density at radius 3 is 2.32 bits per heavy atom. The van der Waals surface area contributed by atoms with Crippen molar-refractivity contribution in [2.24, 2.45) is 0 Å². The first-order valence-corrected chi connectivity index (χ1v) is 13.6. The van der Waals surface area contributed by atoms with Crippen LogP contribution in [0, 0.1) is 0 Å². The van der Waals surface area contributed by atoms with E-state index in [1.807, 2.05) is 30.3 Å². The molecule has 1 atom stereocenters. The normalized spacial score (nSPS) is 15.1. The van der Waals surface area contributed by atoms with Crippen LogP contribution in [-0.2, 0) is 31.8 Å². The highest BCUT2D eigenvalue weighted by Crippen LogP contribution is 2.18. The van der Waals surface area contributed by atoms with Gasteiger partial charge in [-0.2, -0.15) is 0 Å². The number of hydrogen-bond acceptors (Lipinski definition) is 6. The predicted octanol–water partition coefficient (Wildman–Crippen LogP) is 0.0691. The Kier molecular flexibility index (Phi) is 13.3. The van der Waals surface area contributed by atoms with E-state index >= 15 is 0 Å². The first-order chi connectivity index (χ1) is 15.6. The molecule has 0 saturated carbocycles. The molecule has 1 heterocycles. The Labute approximate surface area is 223 Å². The molecule has 1 aliphatic heterocycles. The summed E-state index contributed by atoms with van der Waals surface area (Å²) in [6.45, 7) is 6.78. The van der Waals surface area contributed by atoms with Crippen LogP contribution in [0.2, 0.25) is 0 Å². The molecular formula is C24H38IN3O5S. The van der Waals surface area contributed by atoms with Gasteiger partial charge >= 0.3 is 12.2 Å². The number of nitrogens with zero attached hydrogens (tertiary/aromatic N) is 1. The molecule has 8 nitrogen and oxygen atoms in total. The lowest BCUT2D eigenvalue weighted by atomic mass is 10.0. The van der Waals surface area contributed by atoms with Gasteiger partial charge in [-0.3, -0.25) is 4.79 Å². The second kappa shape index (κ2) is 14.8. The van der Waals surface area contributed by atoms with Gasteiger partial charge in [0.2, 0.25) is 0 Å². The summed E-state index contributed by atoms with van der Waals surface area (Å²) in [5, 5.41) is 5.96. The molecule has 192 valence electrons. The summed E-state index contributed by atoms with van der Waals surface area (Å²) in [4.78, 5) is 40.5. The summed E-state index contributed by atoms with van der Waals surface area (Å²) in [5.74, 6) is 0.294. The molecular weight excluding hydrogens is 569 g/mol. The number of piperidine rings is 1. The summed E-state index contributed by atoms with van der Waals surface area (Å²) >= 11 is 0. The van der Waals surface area contributed by atoms with Crippen LogP contribution in [-0.4, -0.2) is 72.0 Å². The average molecular weight is 608 g/mol. The zero-order valence-corrected chi connectivity index (χ0v) is 23.7. The van der Waals surface area contributed by atoms with Gasteiger partial charge in [-0.25, -0.2) is 14.5 Å². The van der Waals surface area contributed by atoms with Gasteiger partial charge in [-0.15, -0.1) is 0 Å². The minimum absolute atomic E-state index is 0. The van der Waals surface area contributed by atoms with Gasteiger partial charge in [-0.1, -0.05) is 30.3 Å². The number of imide groups is 1. The van der Waals surface area contributed by atoms with E-state index in [0.717, 1.165) is 11.3 Å². The van der Waals surface area contributed by atoms with Crippen LogP contribution in [0.5, 0.6) is 0 Å². The molecule has 10 heteroatoms. The molecule has 2 N–H and O–H groups in total. The third-order valence-electron chi connectivity index (χ3n) is 5.12. The third kappa shape index (κ3) is 10.8. The third-order valence-corrected chi connectivity index (χ3v) is 6.17. The second-order valence-corrected chi connectivity index (χ2v) is 11.8. The largest absolute Gasteiger partial charge is 1.00 e. The quantitative estimate of drug-likeness (QED) is 0.321. The molecule has 0 aliphatic carbocycles. The molecule has 1 fully saturated rings. The van der Waals surface area contributed by atoms with Crippen molar-refractivity contribution in [3.05, 3.63) is 35.9 Å². The minimum atomic E-state index is -0.867. The monoisotopic (exact) mass is 607 g/mol. The van der Waals surface area contributed by atoms with E-state index in [1.54, 1.807) is 20.8 Å². The Morgan fingerprint density at radius 2 is 1.76 bits per heavy atom. The van der Waals surface area contributed by atoms with Crippen molar-refractivity contribution in [3.63, 3.8) is 0 Å². The van der Waals surface area contributed by atoms with Gasteiger partial charge in [-0.05, 0) is 63.2 Å². The fraction of sp³-hybridized carbons (Fsp3) is 0.625. The van der Waals surface area contributed by atoms with E-state index in [2.05, 4.69) is 23.1 Å². The van der Waals surface area contributed by atoms with E-state index in [4.69, 9.17) is 9.47 Å². The zero-order valence-electron chi connectivity index (χ0n) is 20.8. The summed E-state index contributed by atoms with van der Waals surface area (Å²) < 4.78 is 10.9. The van der Waals surface area contributed by atoms with Crippen molar-refractivity contribution < 1.29 is 47.8 Å². The number of carbonyl (C=O) groups excluding carboxylic acids is 3. The van der Waals surface area contributed by atoms with Crippen molar-refractivity contribution in [1.82, 2.24) is 15.5 Å². The molecule has 0 radical (unpaired) electrons. The predicted molar refractivity (Wildman–Crippen MR) is 131 cm³/mol. The molecule has 2 rings (SSSR count). The molecule has 0 unspecified atom stereocenters. The summed E-state index contributed by atoms with van der Waals surface area (Å²) in [7, 11) is 0.0674. The standard InChI is InChI=1S/C24H37N3O5S.HI/c1-24(2,3)32-22(29)26-20(13-16-33(4)5)21(28)27(19-11-14-25-15-12-19)23(30)31-17-18-9-7-6-8-10-18;/h6-10,19-20,25H,11-17H2,1-5H3;1H/t20-;/m0./s1. The number of rotatable bonds is 8. The highest BCUT2D eigenvalue weighted by Gasteiger charge is 2.38. The summed E-state index contributed by atoms with van der Waals surface area (Å²) in [6.07, 6.45) is 4.49.